The molecule has 2 heterocycles. The lowest BCUT2D eigenvalue weighted by Gasteiger charge is -1.90. The topological polar surface area (TPSA) is 41.6 Å². The molecule has 0 unspecified atom stereocenters. The zero-order valence-electron chi connectivity index (χ0n) is 7.97. The lowest BCUT2D eigenvalue weighted by molar-refractivity contribution is 0.946. The Balaban J connectivity index is 2.44. The van der Waals surface area contributed by atoms with E-state index in [1.807, 2.05) is 19.2 Å². The monoisotopic (exact) mass is 227 g/mol. The molecule has 74 valence electrons. The van der Waals surface area contributed by atoms with Crippen molar-refractivity contribution in [3.63, 3.8) is 0 Å². The van der Waals surface area contributed by atoms with Gasteiger partial charge in [-0.1, -0.05) is 18.5 Å². The Morgan fingerprint density at radius 3 is 2.86 bits per heavy atom. The average Bonchev–Trinajstić information content (AvgIpc) is 2.75. The van der Waals surface area contributed by atoms with Crippen LogP contribution in [0.5, 0.6) is 0 Å². The molecule has 0 atom stereocenters. The Kier molecular flexibility index (Phi) is 2.56. The Morgan fingerprint density at radius 1 is 1.57 bits per heavy atom. The number of aryl methyl sites for hydroxylation is 2. The highest BCUT2D eigenvalue weighted by atomic mass is 35.5. The molecule has 14 heavy (non-hydrogen) atoms. The van der Waals surface area contributed by atoms with Gasteiger partial charge in [0.15, 0.2) is 5.82 Å². The summed E-state index contributed by atoms with van der Waals surface area (Å²) in [5.74, 6) is 1.59. The van der Waals surface area contributed by atoms with Gasteiger partial charge < -0.3 is 0 Å². The van der Waals surface area contributed by atoms with Crippen LogP contribution in [0, 0.1) is 6.92 Å². The van der Waals surface area contributed by atoms with Gasteiger partial charge in [0.25, 0.3) is 0 Å². The number of rotatable bonds is 2. The number of hydrogen-bond donors (Lipinski definition) is 1. The summed E-state index contributed by atoms with van der Waals surface area (Å²) >= 11 is 7.69. The maximum Gasteiger partial charge on any atom is 0.192 e. The largest absolute Gasteiger partial charge is 0.263 e. The molecular formula is C9H10ClN3S. The van der Waals surface area contributed by atoms with Gasteiger partial charge in [0.2, 0.25) is 0 Å². The molecule has 0 saturated carbocycles. The maximum absolute atomic E-state index is 6.11. The van der Waals surface area contributed by atoms with Crippen molar-refractivity contribution >= 4 is 22.9 Å². The second-order valence-corrected chi connectivity index (χ2v) is 4.28. The van der Waals surface area contributed by atoms with Crippen molar-refractivity contribution in [2.24, 2.45) is 0 Å². The fourth-order valence-corrected chi connectivity index (χ4v) is 2.35. The molecule has 0 aliphatic heterocycles. The number of nitrogens with zero attached hydrogens (tertiary/aromatic N) is 2. The number of aromatic amines is 1. The third kappa shape index (κ3) is 1.55. The van der Waals surface area contributed by atoms with Crippen LogP contribution >= 0.6 is 22.9 Å². The fraction of sp³-hybridized carbons (Fsp3) is 0.333. The van der Waals surface area contributed by atoms with Crippen LogP contribution in [0.25, 0.3) is 10.7 Å². The van der Waals surface area contributed by atoms with E-state index in [-0.39, 0.29) is 0 Å². The third-order valence-electron chi connectivity index (χ3n) is 1.97. The highest BCUT2D eigenvalue weighted by molar-refractivity contribution is 7.14. The van der Waals surface area contributed by atoms with Gasteiger partial charge in [-0.05, 0) is 17.9 Å². The van der Waals surface area contributed by atoms with E-state index >= 15 is 0 Å². The molecule has 3 nitrogen and oxygen atoms in total. The molecule has 2 rings (SSSR count). The zero-order valence-corrected chi connectivity index (χ0v) is 9.54. The predicted molar refractivity (Wildman–Crippen MR) is 58.8 cm³/mol. The molecule has 0 spiro atoms. The maximum atomic E-state index is 6.11. The summed E-state index contributed by atoms with van der Waals surface area (Å²) in [4.78, 5) is 5.28. The summed E-state index contributed by atoms with van der Waals surface area (Å²) in [5, 5.41) is 9.77. The summed E-state index contributed by atoms with van der Waals surface area (Å²) < 4.78 is 0. The summed E-state index contributed by atoms with van der Waals surface area (Å²) in [6.45, 7) is 4.02. The molecule has 0 aliphatic rings. The molecule has 0 aliphatic carbocycles. The number of thiophene rings is 1. The first-order valence-corrected chi connectivity index (χ1v) is 5.63. The summed E-state index contributed by atoms with van der Waals surface area (Å²) in [5.41, 5.74) is 1.08. The van der Waals surface area contributed by atoms with E-state index < -0.39 is 0 Å². The molecule has 0 aromatic carbocycles. The molecule has 2 aromatic heterocycles. The molecule has 2 aromatic rings. The third-order valence-corrected chi connectivity index (χ3v) is 3.66. The first kappa shape index (κ1) is 9.68. The van der Waals surface area contributed by atoms with E-state index in [1.165, 1.54) is 0 Å². The zero-order chi connectivity index (χ0) is 10.1. The number of halogens is 1. The quantitative estimate of drug-likeness (QED) is 0.857. The normalized spacial score (nSPS) is 10.8. The van der Waals surface area contributed by atoms with Crippen molar-refractivity contribution in [3.8, 4) is 10.7 Å². The van der Waals surface area contributed by atoms with Gasteiger partial charge in [-0.2, -0.15) is 5.10 Å². The van der Waals surface area contributed by atoms with Crippen LogP contribution in [0.4, 0.5) is 0 Å². The lowest BCUT2D eigenvalue weighted by atomic mass is 10.3. The highest BCUT2D eigenvalue weighted by Crippen LogP contribution is 2.34. The summed E-state index contributed by atoms with van der Waals surface area (Å²) in [7, 11) is 0. The smallest absolute Gasteiger partial charge is 0.192 e. The summed E-state index contributed by atoms with van der Waals surface area (Å²) in [6.07, 6.45) is 0.856. The minimum absolute atomic E-state index is 0.699. The molecule has 0 saturated heterocycles. The molecular weight excluding hydrogens is 218 g/mol. The van der Waals surface area contributed by atoms with Crippen molar-refractivity contribution in [2.75, 3.05) is 0 Å². The van der Waals surface area contributed by atoms with Gasteiger partial charge in [-0.15, -0.1) is 11.3 Å². The average molecular weight is 228 g/mol. The van der Waals surface area contributed by atoms with Gasteiger partial charge in [-0.25, -0.2) is 4.98 Å². The van der Waals surface area contributed by atoms with Crippen molar-refractivity contribution in [1.29, 1.82) is 0 Å². The van der Waals surface area contributed by atoms with Crippen LogP contribution in [0.15, 0.2) is 5.38 Å². The van der Waals surface area contributed by atoms with Crippen LogP contribution in [-0.4, -0.2) is 15.2 Å². The van der Waals surface area contributed by atoms with Gasteiger partial charge in [0.1, 0.15) is 5.82 Å². The Hall–Kier alpha value is -0.870. The minimum atomic E-state index is 0.699. The fourth-order valence-electron chi connectivity index (χ4n) is 1.14. The van der Waals surface area contributed by atoms with Crippen molar-refractivity contribution in [1.82, 2.24) is 15.2 Å². The van der Waals surface area contributed by atoms with Crippen LogP contribution in [0.1, 0.15) is 18.3 Å². The van der Waals surface area contributed by atoms with E-state index in [4.69, 9.17) is 11.6 Å². The number of H-pyrrole nitrogens is 1. The molecule has 0 amide bonds. The molecule has 0 fully saturated rings. The van der Waals surface area contributed by atoms with Crippen LogP contribution < -0.4 is 0 Å². The second-order valence-electron chi connectivity index (χ2n) is 3.02. The molecule has 0 bridgehead atoms. The Morgan fingerprint density at radius 2 is 2.36 bits per heavy atom. The second kappa shape index (κ2) is 3.71. The van der Waals surface area contributed by atoms with Crippen molar-refractivity contribution in [3.05, 3.63) is 21.8 Å². The minimum Gasteiger partial charge on any atom is -0.263 e. The highest BCUT2D eigenvalue weighted by Gasteiger charge is 2.12. The SMILES string of the molecule is CCc1nc(-c2scc(C)c2Cl)n[nH]1. The molecule has 5 heteroatoms. The van der Waals surface area contributed by atoms with E-state index in [9.17, 15) is 0 Å². The van der Waals surface area contributed by atoms with Gasteiger partial charge >= 0.3 is 0 Å². The predicted octanol–water partition coefficient (Wildman–Crippen LogP) is 3.06. The van der Waals surface area contributed by atoms with E-state index in [0.29, 0.717) is 5.82 Å². The standard InChI is InChI=1S/C9H10ClN3S/c1-3-6-11-9(13-12-6)8-7(10)5(2)4-14-8/h4H,3H2,1-2H3,(H,11,12,13). The first-order chi connectivity index (χ1) is 6.72. The van der Waals surface area contributed by atoms with E-state index in [0.717, 1.165) is 27.7 Å². The number of hydrogen-bond acceptors (Lipinski definition) is 3. The van der Waals surface area contributed by atoms with E-state index in [2.05, 4.69) is 15.2 Å². The van der Waals surface area contributed by atoms with E-state index in [1.54, 1.807) is 11.3 Å². The van der Waals surface area contributed by atoms with Gasteiger partial charge in [0, 0.05) is 6.42 Å². The Bertz CT molecular complexity index is 447. The van der Waals surface area contributed by atoms with Crippen molar-refractivity contribution < 1.29 is 0 Å². The van der Waals surface area contributed by atoms with Gasteiger partial charge in [0.05, 0.1) is 9.90 Å². The Labute approximate surface area is 91.1 Å². The van der Waals surface area contributed by atoms with Crippen LogP contribution in [0.3, 0.4) is 0 Å². The summed E-state index contributed by atoms with van der Waals surface area (Å²) in [6, 6.07) is 0. The van der Waals surface area contributed by atoms with Crippen molar-refractivity contribution in [2.45, 2.75) is 20.3 Å². The number of aromatic nitrogens is 3. The molecule has 1 N–H and O–H groups in total. The lowest BCUT2D eigenvalue weighted by Crippen LogP contribution is -1.81. The van der Waals surface area contributed by atoms with Crippen LogP contribution in [0.2, 0.25) is 5.02 Å². The molecule has 0 radical (unpaired) electrons. The first-order valence-electron chi connectivity index (χ1n) is 4.37. The van der Waals surface area contributed by atoms with Crippen LogP contribution in [-0.2, 0) is 6.42 Å². The van der Waals surface area contributed by atoms with Gasteiger partial charge in [-0.3, -0.25) is 5.10 Å². The number of nitrogens with one attached hydrogen (secondary N) is 1.